The van der Waals surface area contributed by atoms with Gasteiger partial charge >= 0.3 is 0 Å². The van der Waals surface area contributed by atoms with Gasteiger partial charge in [0.2, 0.25) is 5.82 Å². The summed E-state index contributed by atoms with van der Waals surface area (Å²) < 4.78 is 3.25. The highest BCUT2D eigenvalue weighted by atomic mass is 16.3. The summed E-state index contributed by atoms with van der Waals surface area (Å²) in [7, 11) is 0. The van der Waals surface area contributed by atoms with E-state index in [0.717, 1.165) is 11.1 Å². The number of nitrogens with one attached hydrogen (secondary N) is 2. The molecule has 13 heteroatoms. The van der Waals surface area contributed by atoms with E-state index in [1.54, 1.807) is 21.8 Å². The van der Waals surface area contributed by atoms with Gasteiger partial charge in [-0.25, -0.2) is 15.0 Å². The Morgan fingerprint density at radius 3 is 2.33 bits per heavy atom. The summed E-state index contributed by atoms with van der Waals surface area (Å²) >= 11 is 0. The number of carbonyl (C=O) groups excluding carboxylic acids is 1. The lowest BCUT2D eigenvalue weighted by Gasteiger charge is -2.20. The van der Waals surface area contributed by atoms with Crippen LogP contribution in [-0.4, -0.2) is 82.4 Å². The zero-order valence-electron chi connectivity index (χ0n) is 24.6. The standard InChI is InChI=1S/C32H37N9O4/c33-12-7-13-34-32(45)30-38-29(35-16-23(21-8-3-1-4-9-21)22-10-5-2-6-11-22)26-31(39-30)40(19-36-26)24-14-25(28(44)27(24)43)41-17-20(18-42)15-37-41/h1-6,8-11,15,17,19,23-25,27-28,42-44H,7,12-14,16,18,33H2,(H,34,45)(H,35,38,39)/t24-,25+,27+,28-/m1/s1. The van der Waals surface area contributed by atoms with Gasteiger partial charge in [0.25, 0.3) is 5.91 Å². The van der Waals surface area contributed by atoms with Crippen LogP contribution in [0.1, 0.15) is 58.2 Å². The third-order valence-corrected chi connectivity index (χ3v) is 8.32. The molecule has 0 saturated heterocycles. The van der Waals surface area contributed by atoms with Crippen molar-refractivity contribution in [3.63, 3.8) is 0 Å². The molecule has 13 nitrogen and oxygen atoms in total. The second kappa shape index (κ2) is 13.5. The van der Waals surface area contributed by atoms with Crippen molar-refractivity contribution in [2.45, 2.75) is 49.7 Å². The van der Waals surface area contributed by atoms with Crippen molar-refractivity contribution in [2.24, 2.45) is 5.73 Å². The highest BCUT2D eigenvalue weighted by Gasteiger charge is 2.44. The quantitative estimate of drug-likeness (QED) is 0.113. The van der Waals surface area contributed by atoms with Gasteiger partial charge < -0.3 is 36.3 Å². The van der Waals surface area contributed by atoms with Gasteiger partial charge in [0.1, 0.15) is 17.7 Å². The van der Waals surface area contributed by atoms with Gasteiger partial charge in [-0.15, -0.1) is 0 Å². The fourth-order valence-corrected chi connectivity index (χ4v) is 5.93. The first-order valence-corrected chi connectivity index (χ1v) is 15.0. The Bertz CT molecular complexity index is 1690. The second-order valence-electron chi connectivity index (χ2n) is 11.2. The van der Waals surface area contributed by atoms with Gasteiger partial charge in [-0.05, 0) is 30.5 Å². The number of fused-ring (bicyclic) bond motifs is 1. The van der Waals surface area contributed by atoms with Crippen molar-refractivity contribution in [1.29, 1.82) is 0 Å². The second-order valence-corrected chi connectivity index (χ2v) is 11.2. The number of amides is 1. The fraction of sp³-hybridized carbons (Fsp3) is 0.344. The summed E-state index contributed by atoms with van der Waals surface area (Å²) in [6, 6.07) is 19.1. The molecule has 1 aliphatic rings. The molecule has 6 rings (SSSR count). The lowest BCUT2D eigenvalue weighted by Crippen LogP contribution is -2.31. The van der Waals surface area contributed by atoms with Gasteiger partial charge in [0, 0.05) is 30.8 Å². The summed E-state index contributed by atoms with van der Waals surface area (Å²) in [5.41, 5.74) is 9.22. The zero-order valence-corrected chi connectivity index (χ0v) is 24.6. The van der Waals surface area contributed by atoms with Gasteiger partial charge in [-0.2, -0.15) is 5.10 Å². The van der Waals surface area contributed by atoms with Crippen molar-refractivity contribution in [3.8, 4) is 0 Å². The Morgan fingerprint density at radius 2 is 1.69 bits per heavy atom. The predicted octanol–water partition coefficient (Wildman–Crippen LogP) is 1.75. The van der Waals surface area contributed by atoms with E-state index in [-0.39, 0.29) is 18.3 Å². The third-order valence-electron chi connectivity index (χ3n) is 8.32. The van der Waals surface area contributed by atoms with Gasteiger partial charge in [-0.3, -0.25) is 9.48 Å². The summed E-state index contributed by atoms with van der Waals surface area (Å²) in [5, 5.41) is 42.2. The average Bonchev–Trinajstić information content (AvgIpc) is 3.80. The first-order valence-electron chi connectivity index (χ1n) is 15.0. The van der Waals surface area contributed by atoms with E-state index in [1.165, 1.54) is 6.20 Å². The lowest BCUT2D eigenvalue weighted by molar-refractivity contribution is 0.00720. The molecule has 0 spiro atoms. The van der Waals surface area contributed by atoms with Crippen LogP contribution < -0.4 is 16.4 Å². The Hall–Kier alpha value is -4.69. The molecule has 2 aromatic carbocycles. The number of hydrogen-bond donors (Lipinski definition) is 6. The molecule has 7 N–H and O–H groups in total. The number of aliphatic hydroxyl groups is 3. The van der Waals surface area contributed by atoms with Crippen LogP contribution in [0.4, 0.5) is 5.82 Å². The number of nitrogens with two attached hydrogens (primary N) is 1. The van der Waals surface area contributed by atoms with Crippen LogP contribution in [0.25, 0.3) is 11.2 Å². The molecule has 1 aliphatic carbocycles. The molecular weight excluding hydrogens is 574 g/mol. The van der Waals surface area contributed by atoms with Crippen molar-refractivity contribution < 1.29 is 20.1 Å². The molecule has 234 valence electrons. The minimum Gasteiger partial charge on any atom is -0.392 e. The maximum atomic E-state index is 13.2. The molecule has 1 fully saturated rings. The molecule has 1 amide bonds. The van der Waals surface area contributed by atoms with Gasteiger partial charge in [0.05, 0.1) is 31.2 Å². The Morgan fingerprint density at radius 1 is 1.00 bits per heavy atom. The highest BCUT2D eigenvalue weighted by molar-refractivity contribution is 5.94. The normalized spacial score (nSPS) is 19.8. The summed E-state index contributed by atoms with van der Waals surface area (Å²) in [4.78, 5) is 27.0. The fourth-order valence-electron chi connectivity index (χ4n) is 5.93. The molecule has 0 radical (unpaired) electrons. The predicted molar refractivity (Wildman–Crippen MR) is 167 cm³/mol. The van der Waals surface area contributed by atoms with Crippen LogP contribution in [0.2, 0.25) is 0 Å². The Labute approximate surface area is 259 Å². The molecular formula is C32H37N9O4. The van der Waals surface area contributed by atoms with Crippen LogP contribution in [0.15, 0.2) is 79.4 Å². The van der Waals surface area contributed by atoms with Crippen molar-refractivity contribution >= 4 is 22.9 Å². The van der Waals surface area contributed by atoms with E-state index in [9.17, 15) is 20.1 Å². The average molecular weight is 612 g/mol. The summed E-state index contributed by atoms with van der Waals surface area (Å²) in [6.45, 7) is 1.08. The first-order chi connectivity index (χ1) is 22.0. The Kier molecular flexibility index (Phi) is 9.12. The molecule has 0 aliphatic heterocycles. The minimum absolute atomic E-state index is 0.0215. The topological polar surface area (TPSA) is 189 Å². The number of benzene rings is 2. The van der Waals surface area contributed by atoms with Gasteiger partial charge in [-0.1, -0.05) is 60.7 Å². The van der Waals surface area contributed by atoms with Crippen LogP contribution in [-0.2, 0) is 6.61 Å². The number of imidazole rings is 1. The van der Waals surface area contributed by atoms with Gasteiger partial charge in [0.15, 0.2) is 11.5 Å². The number of hydrogen-bond acceptors (Lipinski definition) is 10. The number of nitrogens with zero attached hydrogens (tertiary/aromatic N) is 6. The van der Waals surface area contributed by atoms with E-state index in [0.29, 0.717) is 55.0 Å². The lowest BCUT2D eigenvalue weighted by atomic mass is 9.91. The van der Waals surface area contributed by atoms with E-state index in [2.05, 4.69) is 54.9 Å². The maximum Gasteiger partial charge on any atom is 0.289 e. The van der Waals surface area contributed by atoms with Crippen LogP contribution >= 0.6 is 0 Å². The van der Waals surface area contributed by atoms with Crippen molar-refractivity contribution in [2.75, 3.05) is 25.0 Å². The third kappa shape index (κ3) is 6.28. The molecule has 0 unspecified atom stereocenters. The number of aromatic nitrogens is 6. The zero-order chi connectivity index (χ0) is 31.3. The highest BCUT2D eigenvalue weighted by Crippen LogP contribution is 2.40. The largest absolute Gasteiger partial charge is 0.392 e. The first kappa shape index (κ1) is 30.3. The summed E-state index contributed by atoms with van der Waals surface area (Å²) in [5.74, 6) is -0.152. The molecule has 4 atom stereocenters. The molecule has 3 heterocycles. The van der Waals surface area contributed by atoms with E-state index < -0.39 is 30.2 Å². The molecule has 1 saturated carbocycles. The van der Waals surface area contributed by atoms with Crippen LogP contribution in [0.5, 0.6) is 0 Å². The monoisotopic (exact) mass is 611 g/mol. The van der Waals surface area contributed by atoms with E-state index >= 15 is 0 Å². The number of aliphatic hydroxyl groups excluding tert-OH is 3. The van der Waals surface area contributed by atoms with E-state index in [1.807, 2.05) is 36.4 Å². The smallest absolute Gasteiger partial charge is 0.289 e. The molecule has 45 heavy (non-hydrogen) atoms. The Balaban J connectivity index is 1.36. The van der Waals surface area contributed by atoms with Crippen LogP contribution in [0, 0.1) is 0 Å². The summed E-state index contributed by atoms with van der Waals surface area (Å²) in [6.07, 6.45) is 3.35. The SMILES string of the molecule is NCCCNC(=O)c1nc(NCC(c2ccccc2)c2ccccc2)c2ncn([C@@H]3C[C@H](n4cc(CO)cn4)[C@@H](O)[C@H]3O)c2n1. The van der Waals surface area contributed by atoms with Crippen LogP contribution in [0.3, 0.4) is 0 Å². The molecule has 5 aromatic rings. The number of anilines is 1. The van der Waals surface area contributed by atoms with Crippen molar-refractivity contribution in [3.05, 3.63) is 102 Å². The maximum absolute atomic E-state index is 13.2. The number of rotatable bonds is 12. The molecule has 0 bridgehead atoms. The van der Waals surface area contributed by atoms with E-state index in [4.69, 9.17) is 5.73 Å². The van der Waals surface area contributed by atoms with Crippen molar-refractivity contribution in [1.82, 2.24) is 34.6 Å². The molecule has 3 aromatic heterocycles. The minimum atomic E-state index is -1.16. The number of carbonyl (C=O) groups is 1.